The van der Waals surface area contributed by atoms with Gasteiger partial charge in [-0.15, -0.1) is 0 Å². The third kappa shape index (κ3) is 4.95. The van der Waals surface area contributed by atoms with E-state index in [-0.39, 0.29) is 5.56 Å². The number of rotatable bonds is 4. The van der Waals surface area contributed by atoms with Crippen molar-refractivity contribution in [2.24, 2.45) is 0 Å². The molecule has 1 amide bonds. The van der Waals surface area contributed by atoms with Crippen molar-refractivity contribution in [3.05, 3.63) is 108 Å². The Balaban J connectivity index is 1.47. The Morgan fingerprint density at radius 2 is 1.42 bits per heavy atom. The van der Waals surface area contributed by atoms with Crippen LogP contribution in [0, 0.1) is 0 Å². The van der Waals surface area contributed by atoms with Crippen molar-refractivity contribution in [3.8, 4) is 22.4 Å². The third-order valence-electron chi connectivity index (χ3n) is 5.77. The second kappa shape index (κ2) is 9.33. The number of halogens is 6. The molecule has 192 valence electrons. The number of anilines is 1. The smallest absolute Gasteiger partial charge is 0.322 e. The van der Waals surface area contributed by atoms with E-state index in [2.05, 4.69) is 15.4 Å². The summed E-state index contributed by atoms with van der Waals surface area (Å²) in [5.74, 6) is -0.723. The molecule has 0 aliphatic heterocycles. The molecule has 0 aliphatic carbocycles. The molecule has 0 saturated carbocycles. The fraction of sp³-hybridized carbons (Fsp3) is 0.0741. The van der Waals surface area contributed by atoms with Gasteiger partial charge in [0.15, 0.2) is 5.65 Å². The number of aromatic nitrogens is 3. The summed E-state index contributed by atoms with van der Waals surface area (Å²) in [7, 11) is 0. The molecule has 2 aromatic heterocycles. The molecule has 38 heavy (non-hydrogen) atoms. The summed E-state index contributed by atoms with van der Waals surface area (Å²) in [6.45, 7) is 0. The molecule has 0 bridgehead atoms. The number of nitrogens with zero attached hydrogens (tertiary/aromatic N) is 3. The monoisotopic (exact) mass is 526 g/mol. The molecule has 0 radical (unpaired) electrons. The molecule has 3 aromatic carbocycles. The van der Waals surface area contributed by atoms with E-state index in [0.29, 0.717) is 33.7 Å². The number of hydrogen-bond donors (Lipinski definition) is 1. The van der Waals surface area contributed by atoms with Crippen LogP contribution < -0.4 is 5.32 Å². The van der Waals surface area contributed by atoms with Gasteiger partial charge in [0.2, 0.25) is 0 Å². The van der Waals surface area contributed by atoms with Crippen molar-refractivity contribution < 1.29 is 31.1 Å². The number of carbonyl (C=O) groups excluding carboxylic acids is 1. The van der Waals surface area contributed by atoms with Crippen LogP contribution in [0.25, 0.3) is 28.0 Å². The summed E-state index contributed by atoms with van der Waals surface area (Å²) < 4.78 is 80.1. The van der Waals surface area contributed by atoms with Gasteiger partial charge in [0, 0.05) is 28.6 Å². The normalized spacial score (nSPS) is 12.1. The van der Waals surface area contributed by atoms with Gasteiger partial charge in [-0.2, -0.15) is 31.4 Å². The number of carbonyl (C=O) groups is 1. The van der Waals surface area contributed by atoms with Gasteiger partial charge in [-0.1, -0.05) is 30.3 Å². The minimum absolute atomic E-state index is 0.158. The highest BCUT2D eigenvalue weighted by Crippen LogP contribution is 2.34. The van der Waals surface area contributed by atoms with Crippen molar-refractivity contribution in [2.75, 3.05) is 5.32 Å². The van der Waals surface area contributed by atoms with Crippen molar-refractivity contribution in [2.45, 2.75) is 12.4 Å². The van der Waals surface area contributed by atoms with Crippen molar-refractivity contribution in [1.29, 1.82) is 0 Å². The van der Waals surface area contributed by atoms with Gasteiger partial charge in [-0.3, -0.25) is 4.79 Å². The first kappa shape index (κ1) is 25.0. The number of nitrogens with one attached hydrogen (secondary N) is 1. The molecule has 2 heterocycles. The molecule has 1 N–H and O–H groups in total. The maximum Gasteiger partial charge on any atom is 0.416 e. The maximum atomic E-state index is 13.2. The highest BCUT2D eigenvalue weighted by atomic mass is 19.4. The summed E-state index contributed by atoms with van der Waals surface area (Å²) in [6, 6.07) is 17.1. The molecule has 0 aliphatic rings. The highest BCUT2D eigenvalue weighted by Gasteiger charge is 2.31. The topological polar surface area (TPSA) is 59.3 Å². The second-order valence-electron chi connectivity index (χ2n) is 8.32. The summed E-state index contributed by atoms with van der Waals surface area (Å²) in [4.78, 5) is 16.9. The minimum atomic E-state index is -4.58. The summed E-state index contributed by atoms with van der Waals surface area (Å²) in [5.41, 5.74) is 0.549. The molecular weight excluding hydrogens is 510 g/mol. The van der Waals surface area contributed by atoms with Crippen molar-refractivity contribution in [1.82, 2.24) is 14.6 Å². The predicted octanol–water partition coefficient (Wildman–Crippen LogP) is 7.35. The number of alkyl halides is 6. The SMILES string of the molecule is O=C(Nc1cccc(-c2ccnc3c(-c4cccc(C(F)(F)F)c4)cnn23)c1)c1cccc(C(F)(F)F)c1. The first-order valence-electron chi connectivity index (χ1n) is 11.1. The van der Waals surface area contributed by atoms with Crippen molar-refractivity contribution >= 4 is 17.2 Å². The molecule has 0 fully saturated rings. The zero-order chi connectivity index (χ0) is 27.1. The van der Waals surface area contributed by atoms with E-state index in [1.54, 1.807) is 30.3 Å². The van der Waals surface area contributed by atoms with Crippen LogP contribution in [0.4, 0.5) is 32.0 Å². The molecule has 11 heteroatoms. The Morgan fingerprint density at radius 3 is 2.16 bits per heavy atom. The molecule has 0 atom stereocenters. The Morgan fingerprint density at radius 1 is 0.763 bits per heavy atom. The Bertz CT molecular complexity index is 1660. The van der Waals surface area contributed by atoms with Gasteiger partial charge in [-0.05, 0) is 54.1 Å². The molecular formula is C27H16F6N4O. The van der Waals surface area contributed by atoms with Gasteiger partial charge >= 0.3 is 12.4 Å². The van der Waals surface area contributed by atoms with Crippen LogP contribution in [-0.4, -0.2) is 20.5 Å². The van der Waals surface area contributed by atoms with Crippen LogP contribution in [0.3, 0.4) is 0 Å². The Hall–Kier alpha value is -4.67. The molecule has 0 saturated heterocycles. The molecule has 5 nitrogen and oxygen atoms in total. The summed E-state index contributed by atoms with van der Waals surface area (Å²) in [6.07, 6.45) is -6.19. The first-order chi connectivity index (χ1) is 18.0. The third-order valence-corrected chi connectivity index (χ3v) is 5.77. The fourth-order valence-electron chi connectivity index (χ4n) is 3.97. The van der Waals surface area contributed by atoms with Crippen LogP contribution in [0.5, 0.6) is 0 Å². The second-order valence-corrected chi connectivity index (χ2v) is 8.32. The number of amides is 1. The van der Waals surface area contributed by atoms with E-state index < -0.39 is 29.4 Å². The van der Waals surface area contributed by atoms with E-state index in [9.17, 15) is 31.1 Å². The number of hydrogen-bond acceptors (Lipinski definition) is 3. The minimum Gasteiger partial charge on any atom is -0.322 e. The van der Waals surface area contributed by atoms with Gasteiger partial charge in [-0.25, -0.2) is 9.50 Å². The largest absolute Gasteiger partial charge is 0.416 e. The van der Waals surface area contributed by atoms with Gasteiger partial charge in [0.05, 0.1) is 23.0 Å². The lowest BCUT2D eigenvalue weighted by atomic mass is 10.1. The van der Waals surface area contributed by atoms with E-state index in [0.717, 1.165) is 30.3 Å². The van der Waals surface area contributed by atoms with Gasteiger partial charge in [0.25, 0.3) is 5.91 Å². The molecule has 0 spiro atoms. The lowest BCUT2D eigenvalue weighted by Crippen LogP contribution is -2.14. The van der Waals surface area contributed by atoms with Crippen LogP contribution in [0.15, 0.2) is 91.3 Å². The highest BCUT2D eigenvalue weighted by molar-refractivity contribution is 6.04. The standard InChI is InChI=1S/C27H16F6N4O/c28-26(29,30)19-7-1-4-16(12-19)22-15-35-37-23(10-11-34-24(22)37)17-5-3-9-21(14-17)36-25(38)18-6-2-8-20(13-18)27(31,32)33/h1-15H,(H,36,38). The van der Waals surface area contributed by atoms with Crippen LogP contribution in [0.2, 0.25) is 0 Å². The zero-order valence-corrected chi connectivity index (χ0v) is 19.2. The molecule has 0 unspecified atom stereocenters. The van der Waals surface area contributed by atoms with Crippen LogP contribution in [0.1, 0.15) is 21.5 Å². The van der Waals surface area contributed by atoms with Gasteiger partial charge < -0.3 is 5.32 Å². The van der Waals surface area contributed by atoms with Gasteiger partial charge in [0.1, 0.15) is 0 Å². The summed E-state index contributed by atoms with van der Waals surface area (Å²) >= 11 is 0. The molecule has 5 aromatic rings. The van der Waals surface area contributed by atoms with Crippen LogP contribution in [-0.2, 0) is 12.4 Å². The van der Waals surface area contributed by atoms with E-state index in [1.807, 2.05) is 0 Å². The van der Waals surface area contributed by atoms with E-state index >= 15 is 0 Å². The Labute approximate surface area is 211 Å². The van der Waals surface area contributed by atoms with E-state index in [1.165, 1.54) is 35.1 Å². The average molecular weight is 526 g/mol. The van der Waals surface area contributed by atoms with E-state index in [4.69, 9.17) is 0 Å². The number of fused-ring (bicyclic) bond motifs is 1. The first-order valence-corrected chi connectivity index (χ1v) is 11.1. The lowest BCUT2D eigenvalue weighted by molar-refractivity contribution is -0.138. The lowest BCUT2D eigenvalue weighted by Gasteiger charge is -2.11. The maximum absolute atomic E-state index is 13.2. The molecule has 5 rings (SSSR count). The Kier molecular flexibility index (Phi) is 6.14. The predicted molar refractivity (Wildman–Crippen MR) is 128 cm³/mol. The number of benzene rings is 3. The zero-order valence-electron chi connectivity index (χ0n) is 19.2. The quantitative estimate of drug-likeness (QED) is 0.249. The average Bonchev–Trinajstić information content (AvgIpc) is 3.32. The fourth-order valence-corrected chi connectivity index (χ4v) is 3.97. The van der Waals surface area contributed by atoms with Crippen molar-refractivity contribution in [3.63, 3.8) is 0 Å². The van der Waals surface area contributed by atoms with Crippen LogP contribution >= 0.6 is 0 Å². The summed E-state index contributed by atoms with van der Waals surface area (Å²) in [5, 5.41) is 6.90.